The Labute approximate surface area is 185 Å². The molecule has 0 spiro atoms. The average molecular weight is 436 g/mol. The highest BCUT2D eigenvalue weighted by Crippen LogP contribution is 2.31. The number of amides is 1. The lowest BCUT2D eigenvalue weighted by atomic mass is 9.90. The number of carbonyl (C=O) groups is 1. The Bertz CT molecular complexity index is 1080. The molecule has 1 amide bonds. The van der Waals surface area contributed by atoms with Crippen molar-refractivity contribution in [2.45, 2.75) is 18.9 Å². The predicted molar refractivity (Wildman–Crippen MR) is 125 cm³/mol. The largest absolute Gasteiger partial charge is 0.497 e. The van der Waals surface area contributed by atoms with Crippen LogP contribution >= 0.6 is 11.3 Å². The van der Waals surface area contributed by atoms with E-state index in [0.717, 1.165) is 33.3 Å². The molecule has 1 unspecified atom stereocenters. The number of ether oxygens (including phenoxy) is 1. The number of fused-ring (bicyclic) bond motifs is 1. The van der Waals surface area contributed by atoms with E-state index in [9.17, 15) is 4.79 Å². The van der Waals surface area contributed by atoms with Crippen molar-refractivity contribution in [1.82, 2.24) is 15.6 Å². The van der Waals surface area contributed by atoms with Gasteiger partial charge in [0.05, 0.1) is 19.3 Å². The van der Waals surface area contributed by atoms with E-state index in [1.165, 1.54) is 0 Å². The number of benzene rings is 2. The third kappa shape index (κ3) is 5.03. The maximum atomic E-state index is 12.0. The van der Waals surface area contributed by atoms with Gasteiger partial charge in [0, 0.05) is 42.6 Å². The maximum absolute atomic E-state index is 12.0. The Hall–Kier alpha value is -3.39. The highest BCUT2D eigenvalue weighted by atomic mass is 32.1. The second-order valence-corrected chi connectivity index (χ2v) is 8.07. The zero-order valence-corrected chi connectivity index (χ0v) is 18.3. The molecule has 2 heterocycles. The number of para-hydroxylation sites is 1. The van der Waals surface area contributed by atoms with Crippen molar-refractivity contribution in [2.75, 3.05) is 26.0 Å². The van der Waals surface area contributed by atoms with Crippen LogP contribution in [-0.4, -0.2) is 37.6 Å². The molecule has 0 saturated heterocycles. The van der Waals surface area contributed by atoms with Gasteiger partial charge in [-0.05, 0) is 35.9 Å². The number of aromatic nitrogens is 1. The van der Waals surface area contributed by atoms with Gasteiger partial charge < -0.3 is 20.7 Å². The summed E-state index contributed by atoms with van der Waals surface area (Å²) in [6.07, 6.45) is 0.457. The molecule has 3 N–H and O–H groups in total. The molecule has 31 heavy (non-hydrogen) atoms. The summed E-state index contributed by atoms with van der Waals surface area (Å²) in [6.45, 7) is 1.19. The number of hydrogen-bond donors (Lipinski definition) is 3. The van der Waals surface area contributed by atoms with E-state index in [-0.39, 0.29) is 11.8 Å². The van der Waals surface area contributed by atoms with Gasteiger partial charge in [-0.15, -0.1) is 11.3 Å². The van der Waals surface area contributed by atoms with Crippen LogP contribution in [-0.2, 0) is 11.3 Å². The zero-order valence-electron chi connectivity index (χ0n) is 17.5. The van der Waals surface area contributed by atoms with E-state index in [4.69, 9.17) is 9.72 Å². The van der Waals surface area contributed by atoms with Crippen LogP contribution in [0.1, 0.15) is 23.6 Å². The third-order valence-electron chi connectivity index (χ3n) is 5.17. The fraction of sp³-hybridized carbons (Fsp3) is 0.261. The van der Waals surface area contributed by atoms with Crippen LogP contribution in [0.4, 0.5) is 5.69 Å². The molecule has 0 fully saturated rings. The lowest BCUT2D eigenvalue weighted by molar-refractivity contribution is -0.116. The Kier molecular flexibility index (Phi) is 6.47. The summed E-state index contributed by atoms with van der Waals surface area (Å²) in [5.74, 6) is 1.66. The van der Waals surface area contributed by atoms with Gasteiger partial charge in [0.2, 0.25) is 5.91 Å². The number of nitrogens with one attached hydrogen (secondary N) is 3. The van der Waals surface area contributed by atoms with E-state index < -0.39 is 0 Å². The van der Waals surface area contributed by atoms with Crippen LogP contribution in [0, 0.1) is 0 Å². The van der Waals surface area contributed by atoms with E-state index in [1.54, 1.807) is 25.5 Å². The van der Waals surface area contributed by atoms with Gasteiger partial charge in [-0.2, -0.15) is 0 Å². The lowest BCUT2D eigenvalue weighted by Crippen LogP contribution is -2.40. The van der Waals surface area contributed by atoms with Crippen LogP contribution in [0.3, 0.4) is 0 Å². The van der Waals surface area contributed by atoms with Crippen molar-refractivity contribution in [2.24, 2.45) is 4.99 Å². The standard InChI is InChI=1S/C23H25N5O2S/c1-24-23(25-12-16-11-21(29)28-20-6-4-3-5-19(16)20)26-13-17-14-31-22(27-17)15-7-9-18(30-2)10-8-15/h3-10,14,16H,11-13H2,1-2H3,(H,28,29)(H2,24,25,26). The van der Waals surface area contributed by atoms with Crippen molar-refractivity contribution in [3.63, 3.8) is 0 Å². The van der Waals surface area contributed by atoms with Crippen LogP contribution in [0.25, 0.3) is 10.6 Å². The summed E-state index contributed by atoms with van der Waals surface area (Å²) >= 11 is 1.61. The minimum atomic E-state index is 0.0435. The molecule has 0 bridgehead atoms. The van der Waals surface area contributed by atoms with E-state index >= 15 is 0 Å². The van der Waals surface area contributed by atoms with Gasteiger partial charge in [0.25, 0.3) is 0 Å². The average Bonchev–Trinajstić information content (AvgIpc) is 3.28. The molecule has 1 aliphatic heterocycles. The summed E-state index contributed by atoms with van der Waals surface area (Å²) in [7, 11) is 3.39. The van der Waals surface area contributed by atoms with Gasteiger partial charge in [-0.25, -0.2) is 4.98 Å². The normalized spacial score (nSPS) is 15.7. The van der Waals surface area contributed by atoms with Crippen molar-refractivity contribution in [3.05, 3.63) is 65.2 Å². The summed E-state index contributed by atoms with van der Waals surface area (Å²) in [5, 5.41) is 12.6. The van der Waals surface area contributed by atoms with E-state index in [2.05, 4.69) is 27.0 Å². The minimum absolute atomic E-state index is 0.0435. The zero-order chi connectivity index (χ0) is 21.6. The Morgan fingerprint density at radius 1 is 1.23 bits per heavy atom. The number of carbonyl (C=O) groups excluding carboxylic acids is 1. The van der Waals surface area contributed by atoms with Crippen molar-refractivity contribution < 1.29 is 9.53 Å². The van der Waals surface area contributed by atoms with Crippen LogP contribution in [0.2, 0.25) is 0 Å². The number of thiazole rings is 1. The minimum Gasteiger partial charge on any atom is -0.497 e. The van der Waals surface area contributed by atoms with Gasteiger partial charge in [0.1, 0.15) is 10.8 Å². The highest BCUT2D eigenvalue weighted by molar-refractivity contribution is 7.13. The Morgan fingerprint density at radius 2 is 2.03 bits per heavy atom. The topological polar surface area (TPSA) is 87.6 Å². The summed E-state index contributed by atoms with van der Waals surface area (Å²) in [6, 6.07) is 15.8. The van der Waals surface area contributed by atoms with Gasteiger partial charge >= 0.3 is 0 Å². The fourth-order valence-electron chi connectivity index (χ4n) is 3.55. The highest BCUT2D eigenvalue weighted by Gasteiger charge is 2.24. The third-order valence-corrected chi connectivity index (χ3v) is 6.11. The molecular formula is C23H25N5O2S. The molecule has 1 aromatic heterocycles. The lowest BCUT2D eigenvalue weighted by Gasteiger charge is -2.26. The molecule has 3 aromatic rings. The van der Waals surface area contributed by atoms with Crippen molar-refractivity contribution >= 4 is 28.9 Å². The number of hydrogen-bond acceptors (Lipinski definition) is 5. The molecule has 0 radical (unpaired) electrons. The molecule has 0 saturated carbocycles. The van der Waals surface area contributed by atoms with Gasteiger partial charge in [0.15, 0.2) is 5.96 Å². The number of aliphatic imine (C=N–C) groups is 1. The molecule has 7 nitrogen and oxygen atoms in total. The predicted octanol–water partition coefficient (Wildman–Crippen LogP) is 3.61. The van der Waals surface area contributed by atoms with E-state index in [0.29, 0.717) is 25.5 Å². The molecule has 2 aromatic carbocycles. The van der Waals surface area contributed by atoms with Crippen molar-refractivity contribution in [3.8, 4) is 16.3 Å². The fourth-order valence-corrected chi connectivity index (χ4v) is 4.38. The first-order chi connectivity index (χ1) is 15.2. The number of anilines is 1. The van der Waals surface area contributed by atoms with Gasteiger partial charge in [-0.3, -0.25) is 9.79 Å². The molecular weight excluding hydrogens is 410 g/mol. The number of rotatable bonds is 6. The summed E-state index contributed by atoms with van der Waals surface area (Å²) < 4.78 is 5.21. The summed E-state index contributed by atoms with van der Waals surface area (Å²) in [4.78, 5) is 21.0. The SMILES string of the molecule is CN=C(NCc1csc(-c2ccc(OC)cc2)n1)NCC1CC(=O)Nc2ccccc21. The first-order valence-electron chi connectivity index (χ1n) is 10.1. The number of guanidine groups is 1. The van der Waals surface area contributed by atoms with Crippen molar-refractivity contribution in [1.29, 1.82) is 0 Å². The first-order valence-corrected chi connectivity index (χ1v) is 11.0. The Balaban J connectivity index is 1.33. The van der Waals surface area contributed by atoms with Crippen LogP contribution < -0.4 is 20.7 Å². The number of nitrogens with zero attached hydrogens (tertiary/aromatic N) is 2. The molecule has 0 aliphatic carbocycles. The first kappa shape index (κ1) is 20.9. The molecule has 8 heteroatoms. The van der Waals surface area contributed by atoms with Crippen LogP contribution in [0.15, 0.2) is 58.9 Å². The number of methoxy groups -OCH3 is 1. The molecule has 1 atom stereocenters. The van der Waals surface area contributed by atoms with Crippen LogP contribution in [0.5, 0.6) is 5.75 Å². The smallest absolute Gasteiger partial charge is 0.225 e. The molecule has 4 rings (SSSR count). The molecule has 1 aliphatic rings. The second kappa shape index (κ2) is 9.61. The van der Waals surface area contributed by atoms with E-state index in [1.807, 2.05) is 47.8 Å². The molecule has 160 valence electrons. The Morgan fingerprint density at radius 3 is 2.81 bits per heavy atom. The summed E-state index contributed by atoms with van der Waals surface area (Å²) in [5.41, 5.74) is 4.05. The maximum Gasteiger partial charge on any atom is 0.225 e. The second-order valence-electron chi connectivity index (χ2n) is 7.22. The van der Waals surface area contributed by atoms with Gasteiger partial charge in [-0.1, -0.05) is 18.2 Å². The quantitative estimate of drug-likeness (QED) is 0.407. The monoisotopic (exact) mass is 435 g/mol.